The summed E-state index contributed by atoms with van der Waals surface area (Å²) in [6, 6.07) is 6.14. The molecule has 24 heavy (non-hydrogen) atoms. The maximum Gasteiger partial charge on any atom is 0.271 e. The fraction of sp³-hybridized carbons (Fsp3) is 0.143. The third kappa shape index (κ3) is 3.37. The maximum atomic E-state index is 12.6. The summed E-state index contributed by atoms with van der Waals surface area (Å²) in [6.07, 6.45) is 0. The Labute approximate surface area is 147 Å². The van der Waals surface area contributed by atoms with Gasteiger partial charge in [0.2, 0.25) is 11.8 Å². The van der Waals surface area contributed by atoms with Crippen molar-refractivity contribution in [3.8, 4) is 17.2 Å². The van der Waals surface area contributed by atoms with Gasteiger partial charge < -0.3 is 9.15 Å². The van der Waals surface area contributed by atoms with E-state index in [0.717, 1.165) is 11.3 Å². The van der Waals surface area contributed by atoms with Crippen molar-refractivity contribution in [2.45, 2.75) is 11.1 Å². The fourth-order valence-corrected chi connectivity index (χ4v) is 4.32. The summed E-state index contributed by atoms with van der Waals surface area (Å²) in [7, 11) is -2.36. The van der Waals surface area contributed by atoms with E-state index >= 15 is 0 Å². The molecule has 0 atom stereocenters. The fourth-order valence-electron chi connectivity index (χ4n) is 1.94. The zero-order valence-electron chi connectivity index (χ0n) is 12.6. The molecule has 1 aromatic carbocycles. The Bertz CT molecular complexity index is 982. The molecule has 0 radical (unpaired) electrons. The molecular weight excluding hydrogens is 374 g/mol. The van der Waals surface area contributed by atoms with Crippen molar-refractivity contribution in [1.29, 1.82) is 0 Å². The van der Waals surface area contributed by atoms with Crippen LogP contribution in [0.4, 0.5) is 5.69 Å². The number of sulfonamides is 1. The highest BCUT2D eigenvalue weighted by Gasteiger charge is 2.21. The predicted octanol–water partition coefficient (Wildman–Crippen LogP) is 3.57. The highest BCUT2D eigenvalue weighted by Crippen LogP contribution is 2.32. The van der Waals surface area contributed by atoms with Gasteiger partial charge in [-0.15, -0.1) is 21.5 Å². The van der Waals surface area contributed by atoms with Crippen LogP contribution < -0.4 is 9.46 Å². The number of hydrogen-bond donors (Lipinski definition) is 1. The molecule has 0 saturated carbocycles. The van der Waals surface area contributed by atoms with Crippen LogP contribution in [-0.4, -0.2) is 25.7 Å². The molecule has 0 unspecified atom stereocenters. The molecule has 0 aliphatic heterocycles. The number of rotatable bonds is 5. The number of aromatic nitrogens is 2. The van der Waals surface area contributed by atoms with Gasteiger partial charge in [-0.2, -0.15) is 0 Å². The van der Waals surface area contributed by atoms with E-state index in [2.05, 4.69) is 14.9 Å². The SMILES string of the molecule is COc1ccc(Cl)cc1NS(=O)(=O)c1cc(-c2nnc(C)o2)cs1. The number of ether oxygens (including phenoxy) is 1. The summed E-state index contributed by atoms with van der Waals surface area (Å²) in [5.41, 5.74) is 0.799. The molecule has 10 heteroatoms. The van der Waals surface area contributed by atoms with E-state index in [-0.39, 0.29) is 15.8 Å². The minimum Gasteiger partial charge on any atom is -0.495 e. The summed E-state index contributed by atoms with van der Waals surface area (Å²) < 4.78 is 38.1. The zero-order valence-corrected chi connectivity index (χ0v) is 15.0. The van der Waals surface area contributed by atoms with Crippen LogP contribution in [0.3, 0.4) is 0 Å². The van der Waals surface area contributed by atoms with Gasteiger partial charge in [-0.1, -0.05) is 11.6 Å². The minimum atomic E-state index is -3.80. The summed E-state index contributed by atoms with van der Waals surface area (Å²) in [5.74, 6) is 1.04. The Hall–Kier alpha value is -2.10. The van der Waals surface area contributed by atoms with Crippen LogP contribution in [0.15, 0.2) is 38.3 Å². The standard InChI is InChI=1S/C14H12ClN3O4S2/c1-8-16-17-14(22-8)9-5-13(23-7-9)24(19,20)18-11-6-10(15)3-4-12(11)21-2/h3-7,18H,1-2H3. The number of hydrogen-bond acceptors (Lipinski definition) is 7. The molecule has 0 bridgehead atoms. The van der Waals surface area contributed by atoms with E-state index in [9.17, 15) is 8.42 Å². The third-order valence-corrected chi connectivity index (χ3v) is 6.06. The number of thiophene rings is 1. The number of anilines is 1. The van der Waals surface area contributed by atoms with Crippen molar-refractivity contribution in [3.63, 3.8) is 0 Å². The highest BCUT2D eigenvalue weighted by atomic mass is 35.5. The molecule has 0 aliphatic carbocycles. The van der Waals surface area contributed by atoms with Crippen LogP contribution in [0, 0.1) is 6.92 Å². The van der Waals surface area contributed by atoms with Gasteiger partial charge in [0, 0.05) is 17.3 Å². The summed E-state index contributed by atoms with van der Waals surface area (Å²) in [4.78, 5) is 0. The van der Waals surface area contributed by atoms with Gasteiger partial charge in [-0.25, -0.2) is 8.42 Å². The van der Waals surface area contributed by atoms with Gasteiger partial charge in [0.25, 0.3) is 10.0 Å². The number of nitrogens with zero attached hydrogens (tertiary/aromatic N) is 2. The summed E-state index contributed by atoms with van der Waals surface area (Å²) >= 11 is 6.97. The van der Waals surface area contributed by atoms with Crippen molar-refractivity contribution in [3.05, 3.63) is 40.6 Å². The van der Waals surface area contributed by atoms with Crippen LogP contribution in [0.25, 0.3) is 11.5 Å². The molecule has 3 rings (SSSR count). The van der Waals surface area contributed by atoms with E-state index in [1.165, 1.54) is 19.2 Å². The van der Waals surface area contributed by atoms with E-state index < -0.39 is 10.0 Å². The first kappa shape index (κ1) is 16.7. The van der Waals surface area contributed by atoms with Crippen molar-refractivity contribution < 1.29 is 17.6 Å². The lowest BCUT2D eigenvalue weighted by molar-refractivity contribution is 0.417. The van der Waals surface area contributed by atoms with Crippen LogP contribution in [-0.2, 0) is 10.0 Å². The van der Waals surface area contributed by atoms with E-state index in [1.54, 1.807) is 24.4 Å². The Morgan fingerprint density at radius 2 is 2.08 bits per heavy atom. The summed E-state index contributed by atoms with van der Waals surface area (Å²) in [5, 5.41) is 9.62. The second-order valence-electron chi connectivity index (χ2n) is 4.73. The van der Waals surface area contributed by atoms with Crippen LogP contribution in [0.5, 0.6) is 5.75 Å². The molecule has 126 valence electrons. The smallest absolute Gasteiger partial charge is 0.271 e. The lowest BCUT2D eigenvalue weighted by Crippen LogP contribution is -2.12. The van der Waals surface area contributed by atoms with Gasteiger partial charge in [0.1, 0.15) is 9.96 Å². The van der Waals surface area contributed by atoms with Gasteiger partial charge in [0.15, 0.2) is 0 Å². The first-order chi connectivity index (χ1) is 11.4. The molecule has 0 amide bonds. The van der Waals surface area contributed by atoms with Crippen LogP contribution in [0.1, 0.15) is 5.89 Å². The number of halogens is 1. The first-order valence-corrected chi connectivity index (χ1v) is 9.38. The van der Waals surface area contributed by atoms with Gasteiger partial charge in [-0.05, 0) is 24.3 Å². The van der Waals surface area contributed by atoms with Crippen LogP contribution in [0.2, 0.25) is 5.02 Å². The molecular formula is C14H12ClN3O4S2. The van der Waals surface area contributed by atoms with Crippen molar-refractivity contribution >= 4 is 38.6 Å². The maximum absolute atomic E-state index is 12.6. The average Bonchev–Trinajstić information content (AvgIpc) is 3.16. The monoisotopic (exact) mass is 385 g/mol. The van der Waals surface area contributed by atoms with E-state index in [0.29, 0.717) is 22.2 Å². The zero-order chi connectivity index (χ0) is 17.3. The van der Waals surface area contributed by atoms with Crippen molar-refractivity contribution in [2.75, 3.05) is 11.8 Å². The molecule has 3 aromatic rings. The molecule has 2 heterocycles. The van der Waals surface area contributed by atoms with Gasteiger partial charge >= 0.3 is 0 Å². The first-order valence-electron chi connectivity index (χ1n) is 6.64. The number of aryl methyl sites for hydroxylation is 1. The minimum absolute atomic E-state index is 0.107. The lowest BCUT2D eigenvalue weighted by Gasteiger charge is -2.11. The molecule has 0 fully saturated rings. The largest absolute Gasteiger partial charge is 0.495 e. The second kappa shape index (κ2) is 6.42. The Morgan fingerprint density at radius 1 is 1.29 bits per heavy atom. The van der Waals surface area contributed by atoms with Crippen LogP contribution >= 0.6 is 22.9 Å². The number of methoxy groups -OCH3 is 1. The van der Waals surface area contributed by atoms with E-state index in [1.807, 2.05) is 0 Å². The average molecular weight is 386 g/mol. The van der Waals surface area contributed by atoms with Crippen molar-refractivity contribution in [2.24, 2.45) is 0 Å². The Morgan fingerprint density at radius 3 is 2.75 bits per heavy atom. The third-order valence-electron chi connectivity index (χ3n) is 3.02. The predicted molar refractivity (Wildman–Crippen MR) is 91.2 cm³/mol. The lowest BCUT2D eigenvalue weighted by atomic mass is 10.3. The Kier molecular flexibility index (Phi) is 4.48. The number of nitrogens with one attached hydrogen (secondary N) is 1. The molecule has 0 aliphatic rings. The topological polar surface area (TPSA) is 94.3 Å². The Balaban J connectivity index is 1.92. The second-order valence-corrected chi connectivity index (χ2v) is 7.99. The van der Waals surface area contributed by atoms with Gasteiger partial charge in [0.05, 0.1) is 18.4 Å². The van der Waals surface area contributed by atoms with E-state index in [4.69, 9.17) is 20.8 Å². The quantitative estimate of drug-likeness (QED) is 0.721. The molecule has 2 aromatic heterocycles. The van der Waals surface area contributed by atoms with Crippen molar-refractivity contribution in [1.82, 2.24) is 10.2 Å². The number of benzene rings is 1. The van der Waals surface area contributed by atoms with Gasteiger partial charge in [-0.3, -0.25) is 4.72 Å². The molecule has 7 nitrogen and oxygen atoms in total. The normalized spacial score (nSPS) is 11.5. The molecule has 0 spiro atoms. The highest BCUT2D eigenvalue weighted by molar-refractivity contribution is 7.94. The summed E-state index contributed by atoms with van der Waals surface area (Å²) in [6.45, 7) is 1.66. The molecule has 0 saturated heterocycles. The molecule has 1 N–H and O–H groups in total.